The van der Waals surface area contributed by atoms with E-state index in [9.17, 15) is 0 Å². The molecule has 3 heterocycles. The maximum Gasteiger partial charge on any atom is 0.0710 e. The van der Waals surface area contributed by atoms with Crippen LogP contribution in [0, 0.1) is 0 Å². The largest absolute Gasteiger partial charge is 0.370 e. The number of rotatable bonds is 3. The third-order valence-electron chi connectivity index (χ3n) is 6.25. The van der Waals surface area contributed by atoms with Crippen molar-refractivity contribution in [2.45, 2.75) is 62.7 Å². The Labute approximate surface area is 129 Å². The molecule has 4 rings (SSSR count). The van der Waals surface area contributed by atoms with Crippen LogP contribution in [0.15, 0.2) is 0 Å². The highest BCUT2D eigenvalue weighted by atomic mass is 16.5. The van der Waals surface area contributed by atoms with E-state index in [1.807, 2.05) is 0 Å². The summed E-state index contributed by atoms with van der Waals surface area (Å²) in [6.07, 6.45) is 9.99. The smallest absolute Gasteiger partial charge is 0.0710 e. The first-order chi connectivity index (χ1) is 10.3. The summed E-state index contributed by atoms with van der Waals surface area (Å²) in [4.78, 5) is 5.32. The molecule has 1 atom stereocenters. The molecule has 1 N–H and O–H groups in total. The molecule has 3 aliphatic heterocycles. The van der Waals surface area contributed by atoms with Crippen LogP contribution in [0.1, 0.15) is 44.9 Å². The van der Waals surface area contributed by atoms with E-state index in [-0.39, 0.29) is 0 Å². The van der Waals surface area contributed by atoms with Crippen molar-refractivity contribution in [1.29, 1.82) is 0 Å². The molecule has 0 aromatic carbocycles. The van der Waals surface area contributed by atoms with E-state index >= 15 is 0 Å². The molecule has 120 valence electrons. The summed E-state index contributed by atoms with van der Waals surface area (Å²) >= 11 is 0. The van der Waals surface area contributed by atoms with Gasteiger partial charge in [-0.15, -0.1) is 0 Å². The summed E-state index contributed by atoms with van der Waals surface area (Å²) in [7, 11) is 0. The minimum Gasteiger partial charge on any atom is -0.370 e. The molecule has 0 radical (unpaired) electrons. The molecule has 21 heavy (non-hydrogen) atoms. The summed E-state index contributed by atoms with van der Waals surface area (Å²) in [6, 6.07) is 0.820. The number of piperazine rings is 1. The van der Waals surface area contributed by atoms with Crippen molar-refractivity contribution >= 4 is 0 Å². The molecule has 1 aliphatic carbocycles. The van der Waals surface area contributed by atoms with E-state index in [2.05, 4.69) is 15.1 Å². The Bertz CT molecular complexity index is 344. The summed E-state index contributed by atoms with van der Waals surface area (Å²) in [5.74, 6) is 0. The van der Waals surface area contributed by atoms with Gasteiger partial charge >= 0.3 is 0 Å². The summed E-state index contributed by atoms with van der Waals surface area (Å²) in [6.45, 7) is 8.57. The van der Waals surface area contributed by atoms with Crippen LogP contribution >= 0.6 is 0 Å². The Morgan fingerprint density at radius 1 is 0.952 bits per heavy atom. The number of nitrogens with zero attached hydrogens (tertiary/aromatic N) is 2. The van der Waals surface area contributed by atoms with Crippen molar-refractivity contribution < 1.29 is 4.74 Å². The second kappa shape index (κ2) is 6.15. The zero-order valence-electron chi connectivity index (χ0n) is 13.4. The highest BCUT2D eigenvalue weighted by Crippen LogP contribution is 2.42. The van der Waals surface area contributed by atoms with Crippen LogP contribution in [0.2, 0.25) is 0 Å². The number of hydrogen-bond acceptors (Lipinski definition) is 4. The van der Waals surface area contributed by atoms with Gasteiger partial charge in [0.25, 0.3) is 0 Å². The van der Waals surface area contributed by atoms with E-state index in [0.29, 0.717) is 11.7 Å². The normalized spacial score (nSPS) is 35.1. The van der Waals surface area contributed by atoms with Crippen LogP contribution in [0.25, 0.3) is 0 Å². The van der Waals surface area contributed by atoms with Crippen molar-refractivity contribution in [3.8, 4) is 0 Å². The van der Waals surface area contributed by atoms with Crippen LogP contribution < -0.4 is 5.32 Å². The monoisotopic (exact) mass is 293 g/mol. The van der Waals surface area contributed by atoms with Gasteiger partial charge in [-0.05, 0) is 25.7 Å². The second-order valence-corrected chi connectivity index (χ2v) is 7.67. The minimum absolute atomic E-state index is 0.294. The molecule has 1 spiro atoms. The summed E-state index contributed by atoms with van der Waals surface area (Å²) in [5.41, 5.74) is 0.294. The van der Waals surface area contributed by atoms with Gasteiger partial charge < -0.3 is 10.1 Å². The Hall–Kier alpha value is -0.160. The van der Waals surface area contributed by atoms with E-state index in [1.54, 1.807) is 0 Å². The number of hydrogen-bond donors (Lipinski definition) is 1. The third-order valence-corrected chi connectivity index (χ3v) is 6.25. The molecular formula is C17H31N3O. The first-order valence-electron chi connectivity index (χ1n) is 9.18. The molecule has 3 saturated heterocycles. The Kier molecular flexibility index (Phi) is 4.23. The van der Waals surface area contributed by atoms with Crippen LogP contribution in [-0.4, -0.2) is 73.4 Å². The van der Waals surface area contributed by atoms with Crippen molar-refractivity contribution in [2.24, 2.45) is 0 Å². The van der Waals surface area contributed by atoms with Gasteiger partial charge in [0.1, 0.15) is 0 Å². The molecule has 0 amide bonds. The fourth-order valence-corrected chi connectivity index (χ4v) is 4.72. The summed E-state index contributed by atoms with van der Waals surface area (Å²) in [5, 5.41) is 3.39. The van der Waals surface area contributed by atoms with Gasteiger partial charge in [-0.1, -0.05) is 19.3 Å². The number of nitrogens with one attached hydrogen (secondary N) is 1. The first kappa shape index (κ1) is 14.4. The predicted octanol–water partition coefficient (Wildman–Crippen LogP) is 1.46. The van der Waals surface area contributed by atoms with Gasteiger partial charge in [0.05, 0.1) is 11.7 Å². The molecule has 4 fully saturated rings. The molecule has 4 nitrogen and oxygen atoms in total. The maximum atomic E-state index is 6.53. The molecular weight excluding hydrogens is 262 g/mol. The average molecular weight is 293 g/mol. The van der Waals surface area contributed by atoms with Gasteiger partial charge in [0.2, 0.25) is 0 Å². The molecule has 4 aliphatic rings. The Morgan fingerprint density at radius 3 is 2.38 bits per heavy atom. The van der Waals surface area contributed by atoms with Crippen molar-refractivity contribution in [3.05, 3.63) is 0 Å². The minimum atomic E-state index is 0.294. The van der Waals surface area contributed by atoms with E-state index in [0.717, 1.165) is 6.04 Å². The van der Waals surface area contributed by atoms with E-state index in [4.69, 9.17) is 4.74 Å². The number of ether oxygens (including phenoxy) is 1. The second-order valence-electron chi connectivity index (χ2n) is 7.67. The van der Waals surface area contributed by atoms with Gasteiger partial charge in [-0.2, -0.15) is 0 Å². The average Bonchev–Trinajstić information content (AvgIpc) is 2.82. The standard InChI is InChI=1S/C17H31N3O/c1-2-5-17(6-3-1)7-4-16(21-17)14-19-8-10-20(11-9-19)15-12-18-13-15/h15-16,18H,1-14H2. The molecule has 4 heteroatoms. The zero-order chi connectivity index (χ0) is 14.1. The molecule has 0 aromatic heterocycles. The van der Waals surface area contributed by atoms with Gasteiger partial charge in [0, 0.05) is 51.9 Å². The Balaban J connectivity index is 1.22. The van der Waals surface area contributed by atoms with Crippen LogP contribution in [0.4, 0.5) is 0 Å². The van der Waals surface area contributed by atoms with Gasteiger partial charge in [0.15, 0.2) is 0 Å². The fraction of sp³-hybridized carbons (Fsp3) is 1.00. The van der Waals surface area contributed by atoms with Gasteiger partial charge in [-0.3, -0.25) is 9.80 Å². The zero-order valence-corrected chi connectivity index (χ0v) is 13.4. The van der Waals surface area contributed by atoms with E-state index < -0.39 is 0 Å². The fourth-order valence-electron chi connectivity index (χ4n) is 4.72. The van der Waals surface area contributed by atoms with Crippen molar-refractivity contribution in [1.82, 2.24) is 15.1 Å². The quantitative estimate of drug-likeness (QED) is 0.852. The predicted molar refractivity (Wildman–Crippen MR) is 84.6 cm³/mol. The molecule has 1 saturated carbocycles. The topological polar surface area (TPSA) is 27.7 Å². The van der Waals surface area contributed by atoms with Crippen molar-refractivity contribution in [3.63, 3.8) is 0 Å². The highest BCUT2D eigenvalue weighted by molar-refractivity contribution is 4.93. The first-order valence-corrected chi connectivity index (χ1v) is 9.18. The third kappa shape index (κ3) is 3.14. The maximum absolute atomic E-state index is 6.53. The Morgan fingerprint density at radius 2 is 1.71 bits per heavy atom. The summed E-state index contributed by atoms with van der Waals surface area (Å²) < 4.78 is 6.53. The van der Waals surface area contributed by atoms with Crippen molar-refractivity contribution in [2.75, 3.05) is 45.8 Å². The molecule has 1 unspecified atom stereocenters. The SMILES string of the molecule is C1CCC2(CC1)CCC(CN1CCN(C3CNC3)CC1)O2. The lowest BCUT2D eigenvalue weighted by Gasteiger charge is -2.43. The van der Waals surface area contributed by atoms with Crippen LogP contribution in [0.3, 0.4) is 0 Å². The van der Waals surface area contributed by atoms with Gasteiger partial charge in [-0.25, -0.2) is 0 Å². The van der Waals surface area contributed by atoms with Crippen LogP contribution in [0.5, 0.6) is 0 Å². The molecule has 0 aromatic rings. The highest BCUT2D eigenvalue weighted by Gasteiger charge is 2.41. The lowest BCUT2D eigenvalue weighted by atomic mass is 9.83. The lowest BCUT2D eigenvalue weighted by molar-refractivity contribution is -0.0753. The van der Waals surface area contributed by atoms with Crippen LogP contribution in [-0.2, 0) is 4.74 Å². The molecule has 0 bridgehead atoms. The lowest BCUT2D eigenvalue weighted by Crippen LogP contribution is -2.61. The van der Waals surface area contributed by atoms with E-state index in [1.165, 1.54) is 90.8 Å².